The van der Waals surface area contributed by atoms with Crippen LogP contribution >= 0.6 is 0 Å². The van der Waals surface area contributed by atoms with E-state index in [0.717, 1.165) is 31.4 Å². The number of nitrogens with zero attached hydrogens (tertiary/aromatic N) is 2. The van der Waals surface area contributed by atoms with Crippen molar-refractivity contribution in [2.45, 2.75) is 37.6 Å². The van der Waals surface area contributed by atoms with Gasteiger partial charge in [0.1, 0.15) is 5.76 Å². The van der Waals surface area contributed by atoms with Crippen LogP contribution in [0.3, 0.4) is 0 Å². The first-order valence-corrected chi connectivity index (χ1v) is 6.18. The third-order valence-electron chi connectivity index (χ3n) is 3.58. The zero-order chi connectivity index (χ0) is 11.8. The van der Waals surface area contributed by atoms with Gasteiger partial charge in [0.15, 0.2) is 5.69 Å². The number of carbonyl (C=O) groups excluding carboxylic acids is 1. The lowest BCUT2D eigenvalue weighted by Gasteiger charge is -2.21. The third kappa shape index (κ3) is 1.95. The highest BCUT2D eigenvalue weighted by Gasteiger charge is 2.33. The Hall–Kier alpha value is -1.36. The summed E-state index contributed by atoms with van der Waals surface area (Å²) in [4.78, 5) is 13.9. The van der Waals surface area contributed by atoms with Crippen LogP contribution in [0.5, 0.6) is 0 Å². The number of rotatable bonds is 3. The predicted molar refractivity (Wildman–Crippen MR) is 59.6 cm³/mol. The fourth-order valence-corrected chi connectivity index (χ4v) is 2.39. The average molecular weight is 236 g/mol. The average Bonchev–Trinajstić information content (AvgIpc) is 2.93. The van der Waals surface area contributed by atoms with Crippen molar-refractivity contribution in [2.24, 2.45) is 0 Å². The predicted octanol–water partition coefficient (Wildman–Crippen LogP) is 1.15. The molecular formula is C12H16N2O3. The standard InChI is InChI=1S/C12H16N2O3/c15-7-9-2-1-5-14(9)12(16)10-6-11(17-13-10)8-3-4-8/h6,8-9,15H,1-5,7H2. The summed E-state index contributed by atoms with van der Waals surface area (Å²) in [5, 5.41) is 13.0. The minimum absolute atomic E-state index is 0.0269. The first-order valence-electron chi connectivity index (χ1n) is 6.18. The molecule has 0 spiro atoms. The second kappa shape index (κ2) is 4.14. The quantitative estimate of drug-likeness (QED) is 0.854. The van der Waals surface area contributed by atoms with Gasteiger partial charge in [0.25, 0.3) is 5.91 Å². The summed E-state index contributed by atoms with van der Waals surface area (Å²) < 4.78 is 5.18. The number of hydrogen-bond donors (Lipinski definition) is 1. The lowest BCUT2D eigenvalue weighted by molar-refractivity contribution is 0.0667. The summed E-state index contributed by atoms with van der Waals surface area (Å²) in [7, 11) is 0. The fraction of sp³-hybridized carbons (Fsp3) is 0.667. The largest absolute Gasteiger partial charge is 0.394 e. The Kier molecular flexibility index (Phi) is 2.63. The Morgan fingerprint density at radius 1 is 1.53 bits per heavy atom. The number of aliphatic hydroxyl groups excluding tert-OH is 1. The minimum atomic E-state index is -0.114. The Morgan fingerprint density at radius 2 is 2.35 bits per heavy atom. The second-order valence-corrected chi connectivity index (χ2v) is 4.87. The molecule has 2 heterocycles. The van der Waals surface area contributed by atoms with Crippen LogP contribution in [0, 0.1) is 0 Å². The summed E-state index contributed by atoms with van der Waals surface area (Å²) in [6.07, 6.45) is 4.08. The zero-order valence-electron chi connectivity index (χ0n) is 9.63. The number of amides is 1. The van der Waals surface area contributed by atoms with Crippen molar-refractivity contribution >= 4 is 5.91 Å². The molecule has 1 aliphatic carbocycles. The molecule has 1 N–H and O–H groups in total. The van der Waals surface area contributed by atoms with Gasteiger partial charge in [-0.05, 0) is 25.7 Å². The zero-order valence-corrected chi connectivity index (χ0v) is 9.63. The molecule has 0 radical (unpaired) electrons. The number of carbonyl (C=O) groups is 1. The molecule has 1 aromatic rings. The normalized spacial score (nSPS) is 24.3. The van der Waals surface area contributed by atoms with Gasteiger partial charge in [-0.2, -0.15) is 0 Å². The van der Waals surface area contributed by atoms with Crippen molar-refractivity contribution in [2.75, 3.05) is 13.2 Å². The van der Waals surface area contributed by atoms with E-state index < -0.39 is 0 Å². The first-order chi connectivity index (χ1) is 8.29. The van der Waals surface area contributed by atoms with Crippen molar-refractivity contribution in [1.29, 1.82) is 0 Å². The maximum absolute atomic E-state index is 12.2. The molecular weight excluding hydrogens is 220 g/mol. The van der Waals surface area contributed by atoms with Crippen molar-refractivity contribution in [3.63, 3.8) is 0 Å². The molecule has 17 heavy (non-hydrogen) atoms. The van der Waals surface area contributed by atoms with Gasteiger partial charge in [-0.3, -0.25) is 4.79 Å². The molecule has 0 bridgehead atoms. The highest BCUT2D eigenvalue weighted by molar-refractivity contribution is 5.92. The first kappa shape index (κ1) is 10.8. The van der Waals surface area contributed by atoms with E-state index >= 15 is 0 Å². The van der Waals surface area contributed by atoms with E-state index in [0.29, 0.717) is 18.2 Å². The van der Waals surface area contributed by atoms with Gasteiger partial charge in [0.2, 0.25) is 0 Å². The summed E-state index contributed by atoms with van der Waals surface area (Å²) in [5.41, 5.74) is 0.382. The van der Waals surface area contributed by atoms with Crippen LogP contribution in [0.25, 0.3) is 0 Å². The van der Waals surface area contributed by atoms with Crippen molar-refractivity contribution in [1.82, 2.24) is 10.1 Å². The third-order valence-corrected chi connectivity index (χ3v) is 3.58. The Balaban J connectivity index is 1.75. The van der Waals surface area contributed by atoms with Crippen molar-refractivity contribution in [3.05, 3.63) is 17.5 Å². The number of likely N-dealkylation sites (tertiary alicyclic amines) is 1. The molecule has 5 nitrogen and oxygen atoms in total. The molecule has 0 aromatic carbocycles. The van der Waals surface area contributed by atoms with E-state index in [4.69, 9.17) is 4.52 Å². The smallest absolute Gasteiger partial charge is 0.276 e. The minimum Gasteiger partial charge on any atom is -0.394 e. The molecule has 3 rings (SSSR count). The maximum atomic E-state index is 12.2. The molecule has 1 unspecified atom stereocenters. The van der Waals surface area contributed by atoms with Gasteiger partial charge in [-0.1, -0.05) is 5.16 Å². The fourth-order valence-electron chi connectivity index (χ4n) is 2.39. The van der Waals surface area contributed by atoms with E-state index in [9.17, 15) is 9.90 Å². The van der Waals surface area contributed by atoms with E-state index in [1.165, 1.54) is 0 Å². The van der Waals surface area contributed by atoms with E-state index in [-0.39, 0.29) is 18.6 Å². The molecule has 5 heteroatoms. The van der Waals surface area contributed by atoms with Crippen LogP contribution in [0.2, 0.25) is 0 Å². The van der Waals surface area contributed by atoms with Gasteiger partial charge in [0.05, 0.1) is 12.6 Å². The SMILES string of the molecule is O=C(c1cc(C2CC2)on1)N1CCCC1CO. The Labute approximate surface area is 99.4 Å². The number of aliphatic hydroxyl groups is 1. The maximum Gasteiger partial charge on any atom is 0.276 e. The molecule has 1 amide bonds. The molecule has 1 aromatic heterocycles. The monoisotopic (exact) mass is 236 g/mol. The van der Waals surface area contributed by atoms with Crippen LogP contribution in [-0.4, -0.2) is 40.3 Å². The molecule has 2 aliphatic rings. The molecule has 1 saturated carbocycles. The van der Waals surface area contributed by atoms with Gasteiger partial charge in [-0.25, -0.2) is 0 Å². The van der Waals surface area contributed by atoms with Crippen LogP contribution < -0.4 is 0 Å². The lowest BCUT2D eigenvalue weighted by atomic mass is 10.2. The van der Waals surface area contributed by atoms with E-state index in [1.807, 2.05) is 0 Å². The highest BCUT2D eigenvalue weighted by atomic mass is 16.5. The molecule has 1 saturated heterocycles. The van der Waals surface area contributed by atoms with Gasteiger partial charge >= 0.3 is 0 Å². The number of aromatic nitrogens is 1. The molecule has 1 aliphatic heterocycles. The van der Waals surface area contributed by atoms with Crippen LogP contribution in [0.1, 0.15) is 47.8 Å². The molecule has 2 fully saturated rings. The van der Waals surface area contributed by atoms with Gasteiger partial charge < -0.3 is 14.5 Å². The Morgan fingerprint density at radius 3 is 3.06 bits per heavy atom. The summed E-state index contributed by atoms with van der Waals surface area (Å²) in [5.74, 6) is 1.18. The molecule has 1 atom stereocenters. The summed E-state index contributed by atoms with van der Waals surface area (Å²) in [6, 6.07) is 1.70. The second-order valence-electron chi connectivity index (χ2n) is 4.87. The van der Waals surface area contributed by atoms with Crippen molar-refractivity contribution in [3.8, 4) is 0 Å². The van der Waals surface area contributed by atoms with Gasteiger partial charge in [0, 0.05) is 18.5 Å². The topological polar surface area (TPSA) is 66.6 Å². The summed E-state index contributed by atoms with van der Waals surface area (Å²) >= 11 is 0. The molecule has 92 valence electrons. The van der Waals surface area contributed by atoms with Crippen LogP contribution in [-0.2, 0) is 0 Å². The summed E-state index contributed by atoms with van der Waals surface area (Å²) in [6.45, 7) is 0.731. The van der Waals surface area contributed by atoms with E-state index in [2.05, 4.69) is 5.16 Å². The van der Waals surface area contributed by atoms with Crippen molar-refractivity contribution < 1.29 is 14.4 Å². The Bertz CT molecular complexity index is 425. The van der Waals surface area contributed by atoms with Crippen LogP contribution in [0.15, 0.2) is 10.6 Å². The van der Waals surface area contributed by atoms with Crippen LogP contribution in [0.4, 0.5) is 0 Å². The number of hydrogen-bond acceptors (Lipinski definition) is 4. The van der Waals surface area contributed by atoms with Gasteiger partial charge in [-0.15, -0.1) is 0 Å². The lowest BCUT2D eigenvalue weighted by Crippen LogP contribution is -2.37. The highest BCUT2D eigenvalue weighted by Crippen LogP contribution is 2.40. The van der Waals surface area contributed by atoms with E-state index in [1.54, 1.807) is 11.0 Å².